The summed E-state index contributed by atoms with van der Waals surface area (Å²) in [5.41, 5.74) is 8.04. The molecule has 1 unspecified atom stereocenters. The molecule has 0 bridgehead atoms. The molecule has 78 heavy (non-hydrogen) atoms. The lowest BCUT2D eigenvalue weighted by molar-refractivity contribution is -0.136. The van der Waals surface area contributed by atoms with E-state index in [0.29, 0.717) is 45.0 Å². The van der Waals surface area contributed by atoms with Gasteiger partial charge in [0.25, 0.3) is 11.8 Å². The summed E-state index contributed by atoms with van der Waals surface area (Å²) in [6.45, 7) is 10.2. The molecule has 1 spiro atoms. The first-order valence-corrected chi connectivity index (χ1v) is 30.1. The van der Waals surface area contributed by atoms with E-state index in [1.165, 1.54) is 0 Å². The van der Waals surface area contributed by atoms with Gasteiger partial charge >= 0.3 is 0 Å². The number of nitrogens with one attached hydrogen (secondary N) is 3. The molecule has 4 saturated heterocycles. The summed E-state index contributed by atoms with van der Waals surface area (Å²) >= 11 is 3.65. The van der Waals surface area contributed by atoms with E-state index < -0.39 is 36.8 Å². The molecule has 7 heterocycles. The smallest absolute Gasteiger partial charge is 0.262 e. The standard InChI is InChI=1S/C58H65BrN11O7P/c1-66-35-39(32-61-66)40-28-45(63-57-60-33-43(59)53(65-57)62-44-12-11-38(27-51(44)78(4,5)75)37-9-7-6-8-10-37)49(76-2)31-47(40)68-21-15-36(16-22-68)34-67-23-17-58(18-24-67)19-25-69(26-20-58)48-29-41-42(30-50(48)77-3)56(74)70(55(41)73)46-13-14-52(71)64-54(46)72/h6-12,27-33,35-36,46H,13-26,34H2,1-5H3,(H,64,71,72)(H2,60,62,63,65). The van der Waals surface area contributed by atoms with Crippen molar-refractivity contribution in [2.24, 2.45) is 18.4 Å². The summed E-state index contributed by atoms with van der Waals surface area (Å²) in [6, 6.07) is 22.6. The molecular formula is C58H65BrN11O7P. The van der Waals surface area contributed by atoms with E-state index in [2.05, 4.69) is 68.8 Å². The van der Waals surface area contributed by atoms with Gasteiger partial charge in [-0.15, -0.1) is 0 Å². The largest absolute Gasteiger partial charge is 0.495 e. The Kier molecular flexibility index (Phi) is 14.7. The van der Waals surface area contributed by atoms with Crippen molar-refractivity contribution in [2.75, 3.05) is 93.8 Å². The number of aryl methyl sites for hydroxylation is 1. The maximum atomic E-state index is 13.7. The van der Waals surface area contributed by atoms with Crippen LogP contribution in [-0.2, 0) is 21.2 Å². The highest BCUT2D eigenvalue weighted by molar-refractivity contribution is 9.10. The van der Waals surface area contributed by atoms with Gasteiger partial charge in [0.05, 0.1) is 53.1 Å². The van der Waals surface area contributed by atoms with Crippen LogP contribution in [0.4, 0.5) is 34.5 Å². The predicted octanol–water partition coefficient (Wildman–Crippen LogP) is 9.06. The Morgan fingerprint density at radius 2 is 1.42 bits per heavy atom. The SMILES string of the molecule is COc1cc(N2CCC(CN3CCC4(CC3)CCN(c3cc5c(cc3OC)C(=O)N(C3CCC(=O)NC3=O)C5=O)CC4)CC2)c(-c2cnn(C)c2)cc1Nc1ncc(Br)c(Nc2ccc(-c3ccccc3)cc2P(C)(C)=O)n1. The second-order valence-electron chi connectivity index (χ2n) is 21.8. The third-order valence-electron chi connectivity index (χ3n) is 16.6. The highest BCUT2D eigenvalue weighted by Crippen LogP contribution is 2.47. The summed E-state index contributed by atoms with van der Waals surface area (Å²) in [4.78, 5) is 69.6. The average Bonchev–Trinajstić information content (AvgIpc) is 4.22. The Bertz CT molecular complexity index is 3360. The summed E-state index contributed by atoms with van der Waals surface area (Å²) in [5.74, 6) is 0.547. The summed E-state index contributed by atoms with van der Waals surface area (Å²) in [6.07, 6.45) is 12.2. The number of amides is 4. The number of anilines is 6. The number of piperidine rings is 4. The number of carbonyl (C=O) groups is 4. The van der Waals surface area contributed by atoms with Crippen molar-refractivity contribution in [3.63, 3.8) is 0 Å². The number of aromatic nitrogens is 4. The second-order valence-corrected chi connectivity index (χ2v) is 25.8. The molecule has 0 aliphatic carbocycles. The third kappa shape index (κ3) is 10.6. The number of likely N-dealkylation sites (tertiary alicyclic amines) is 1. The summed E-state index contributed by atoms with van der Waals surface area (Å²) in [5, 5.41) is 14.4. The molecule has 5 aliphatic rings. The van der Waals surface area contributed by atoms with Crippen LogP contribution in [0.5, 0.6) is 11.5 Å². The third-order valence-corrected chi connectivity index (χ3v) is 18.7. The van der Waals surface area contributed by atoms with Crippen LogP contribution in [0.3, 0.4) is 0 Å². The lowest BCUT2D eigenvalue weighted by atomic mass is 9.71. The molecule has 2 aromatic heterocycles. The Morgan fingerprint density at radius 3 is 2.09 bits per heavy atom. The van der Waals surface area contributed by atoms with Crippen LogP contribution in [0.1, 0.15) is 72.1 Å². The van der Waals surface area contributed by atoms with Gasteiger partial charge in [-0.1, -0.05) is 36.4 Å². The van der Waals surface area contributed by atoms with E-state index in [1.54, 1.807) is 45.9 Å². The van der Waals surface area contributed by atoms with Crippen molar-refractivity contribution in [3.05, 3.63) is 107 Å². The fraction of sp³-hybridized carbons (Fsp3) is 0.397. The van der Waals surface area contributed by atoms with Gasteiger partial charge in [0, 0.05) is 86.8 Å². The number of imide groups is 2. The molecular weight excluding hydrogens is 1070 g/mol. The van der Waals surface area contributed by atoms with Crippen LogP contribution >= 0.6 is 23.1 Å². The Balaban J connectivity index is 0.721. The van der Waals surface area contributed by atoms with Crippen molar-refractivity contribution in [3.8, 4) is 33.8 Å². The molecule has 1 atom stereocenters. The number of fused-ring (bicyclic) bond motifs is 1. The number of rotatable bonds is 14. The zero-order valence-corrected chi connectivity index (χ0v) is 47.2. The van der Waals surface area contributed by atoms with Crippen molar-refractivity contribution < 1.29 is 33.2 Å². The van der Waals surface area contributed by atoms with Crippen molar-refractivity contribution in [2.45, 2.75) is 57.4 Å². The highest BCUT2D eigenvalue weighted by Gasteiger charge is 2.46. The number of ether oxygens (including phenoxy) is 2. The minimum Gasteiger partial charge on any atom is -0.495 e. The average molecular weight is 1140 g/mol. The Labute approximate surface area is 462 Å². The summed E-state index contributed by atoms with van der Waals surface area (Å²) < 4.78 is 28.0. The van der Waals surface area contributed by atoms with Gasteiger partial charge in [-0.3, -0.25) is 34.1 Å². The van der Waals surface area contributed by atoms with Crippen molar-refractivity contribution in [1.82, 2.24) is 34.9 Å². The number of nitrogens with zero attached hydrogens (tertiary/aromatic N) is 8. The number of hydrogen-bond donors (Lipinski definition) is 3. The Hall–Kier alpha value is -7.08. The topological polar surface area (TPSA) is 196 Å². The lowest BCUT2D eigenvalue weighted by Gasteiger charge is -2.48. The fourth-order valence-corrected chi connectivity index (χ4v) is 13.5. The number of carbonyl (C=O) groups excluding carboxylic acids is 4. The predicted molar refractivity (Wildman–Crippen MR) is 307 cm³/mol. The van der Waals surface area contributed by atoms with Crippen LogP contribution in [0.25, 0.3) is 22.3 Å². The van der Waals surface area contributed by atoms with Crippen LogP contribution in [-0.4, -0.2) is 133 Å². The van der Waals surface area contributed by atoms with Crippen molar-refractivity contribution in [1.29, 1.82) is 0 Å². The Morgan fingerprint density at radius 1 is 0.731 bits per heavy atom. The monoisotopic (exact) mass is 1140 g/mol. The first-order chi connectivity index (χ1) is 37.6. The van der Waals surface area contributed by atoms with Gasteiger partial charge in [-0.2, -0.15) is 10.1 Å². The molecule has 20 heteroatoms. The van der Waals surface area contributed by atoms with Gasteiger partial charge in [0.15, 0.2) is 0 Å². The number of hydrogen-bond acceptors (Lipinski definition) is 15. The fourth-order valence-electron chi connectivity index (χ4n) is 12.1. The van der Waals surface area contributed by atoms with Crippen molar-refractivity contribution >= 4 is 86.5 Å². The van der Waals surface area contributed by atoms with E-state index in [0.717, 1.165) is 128 Å². The van der Waals surface area contributed by atoms with Crippen LogP contribution in [0, 0.1) is 11.3 Å². The molecule has 406 valence electrons. The molecule has 0 radical (unpaired) electrons. The number of halogens is 1. The van der Waals surface area contributed by atoms with E-state index in [4.69, 9.17) is 14.5 Å². The molecule has 3 N–H and O–H groups in total. The minimum absolute atomic E-state index is 0.0696. The molecule has 11 rings (SSSR count). The molecule has 5 aliphatic heterocycles. The van der Waals surface area contributed by atoms with Crippen LogP contribution < -0.4 is 40.5 Å². The minimum atomic E-state index is -2.72. The molecule has 4 aromatic carbocycles. The molecule has 0 saturated carbocycles. The van der Waals surface area contributed by atoms with Gasteiger partial charge < -0.3 is 39.4 Å². The maximum Gasteiger partial charge on any atom is 0.262 e. The van der Waals surface area contributed by atoms with Crippen LogP contribution in [0.2, 0.25) is 0 Å². The molecule has 4 fully saturated rings. The van der Waals surface area contributed by atoms with E-state index >= 15 is 0 Å². The number of methoxy groups -OCH3 is 2. The number of benzene rings is 4. The normalized spacial score (nSPS) is 19.1. The maximum absolute atomic E-state index is 13.7. The first-order valence-electron chi connectivity index (χ1n) is 26.8. The van der Waals surface area contributed by atoms with Crippen LogP contribution in [0.15, 0.2) is 95.9 Å². The van der Waals surface area contributed by atoms with E-state index in [-0.39, 0.29) is 29.4 Å². The zero-order chi connectivity index (χ0) is 54.5. The quantitative estimate of drug-likeness (QED) is 0.0690. The lowest BCUT2D eigenvalue weighted by Crippen LogP contribution is -2.54. The van der Waals surface area contributed by atoms with E-state index in [9.17, 15) is 23.7 Å². The zero-order valence-electron chi connectivity index (χ0n) is 44.7. The van der Waals surface area contributed by atoms with E-state index in [1.807, 2.05) is 72.7 Å². The first kappa shape index (κ1) is 52.9. The summed E-state index contributed by atoms with van der Waals surface area (Å²) in [7, 11) is 2.45. The molecule has 18 nitrogen and oxygen atoms in total. The van der Waals surface area contributed by atoms with Gasteiger partial charge in [0.2, 0.25) is 17.8 Å². The molecule has 4 amide bonds. The van der Waals surface area contributed by atoms with Gasteiger partial charge in [0.1, 0.15) is 30.5 Å². The highest BCUT2D eigenvalue weighted by atomic mass is 79.9. The van der Waals surface area contributed by atoms with Gasteiger partial charge in [-0.05, 0) is 140 Å². The second kappa shape index (κ2) is 21.6. The molecule has 6 aromatic rings. The van der Waals surface area contributed by atoms with Gasteiger partial charge in [-0.25, -0.2) is 4.98 Å².